The lowest BCUT2D eigenvalue weighted by molar-refractivity contribution is 0.0664. The van der Waals surface area contributed by atoms with E-state index < -0.39 is 0 Å². The van der Waals surface area contributed by atoms with E-state index in [1.54, 1.807) is 11.0 Å². The van der Waals surface area contributed by atoms with E-state index in [1.165, 1.54) is 0 Å². The van der Waals surface area contributed by atoms with Gasteiger partial charge < -0.3 is 10.0 Å². The molecule has 4 heteroatoms. The minimum atomic E-state index is -0.0703. The number of aromatic nitrogens is 1. The minimum absolute atomic E-state index is 0.0255. The van der Waals surface area contributed by atoms with Crippen molar-refractivity contribution in [2.45, 2.75) is 33.7 Å². The highest BCUT2D eigenvalue weighted by atomic mass is 16.3. The molecule has 0 fully saturated rings. The van der Waals surface area contributed by atoms with E-state index in [0.29, 0.717) is 12.1 Å². The van der Waals surface area contributed by atoms with Crippen molar-refractivity contribution in [1.29, 1.82) is 0 Å². The van der Waals surface area contributed by atoms with E-state index in [-0.39, 0.29) is 18.6 Å². The molecular formula is C13H20N2O2. The lowest BCUT2D eigenvalue weighted by Gasteiger charge is -2.26. The number of hydrogen-bond acceptors (Lipinski definition) is 3. The molecule has 0 unspecified atom stereocenters. The molecule has 0 aromatic carbocycles. The summed E-state index contributed by atoms with van der Waals surface area (Å²) in [6, 6.07) is 3.69. The van der Waals surface area contributed by atoms with Crippen molar-refractivity contribution in [3.05, 3.63) is 29.1 Å². The molecule has 0 aliphatic carbocycles. The number of aliphatic hydroxyl groups is 1. The fraction of sp³-hybridized carbons (Fsp3) is 0.538. The first-order valence-electron chi connectivity index (χ1n) is 5.83. The largest absolute Gasteiger partial charge is 0.395 e. The fourth-order valence-corrected chi connectivity index (χ4v) is 1.77. The van der Waals surface area contributed by atoms with Gasteiger partial charge in [0.1, 0.15) is 0 Å². The number of pyridine rings is 1. The Kier molecular flexibility index (Phi) is 4.63. The molecule has 0 saturated heterocycles. The third-order valence-electron chi connectivity index (χ3n) is 2.68. The van der Waals surface area contributed by atoms with Crippen LogP contribution in [0.15, 0.2) is 12.1 Å². The monoisotopic (exact) mass is 236 g/mol. The molecule has 0 aliphatic rings. The maximum absolute atomic E-state index is 12.3. The summed E-state index contributed by atoms with van der Waals surface area (Å²) in [5, 5.41) is 8.99. The van der Waals surface area contributed by atoms with Crippen LogP contribution in [0, 0.1) is 13.8 Å². The van der Waals surface area contributed by atoms with Crippen molar-refractivity contribution in [3.8, 4) is 0 Å². The number of rotatable bonds is 4. The molecule has 17 heavy (non-hydrogen) atoms. The maximum Gasteiger partial charge on any atom is 0.256 e. The van der Waals surface area contributed by atoms with Gasteiger partial charge in [0, 0.05) is 18.3 Å². The van der Waals surface area contributed by atoms with Gasteiger partial charge in [-0.3, -0.25) is 9.78 Å². The Morgan fingerprint density at radius 3 is 2.53 bits per heavy atom. The van der Waals surface area contributed by atoms with Crippen LogP contribution < -0.4 is 0 Å². The second-order valence-electron chi connectivity index (χ2n) is 4.40. The summed E-state index contributed by atoms with van der Waals surface area (Å²) in [5.74, 6) is -0.0703. The molecule has 1 aromatic heterocycles. The van der Waals surface area contributed by atoms with Gasteiger partial charge in [-0.15, -0.1) is 0 Å². The third kappa shape index (κ3) is 3.27. The van der Waals surface area contributed by atoms with Crippen molar-refractivity contribution in [3.63, 3.8) is 0 Å². The fourth-order valence-electron chi connectivity index (χ4n) is 1.77. The van der Waals surface area contributed by atoms with Crippen molar-refractivity contribution in [1.82, 2.24) is 9.88 Å². The number of aryl methyl sites for hydroxylation is 2. The summed E-state index contributed by atoms with van der Waals surface area (Å²) in [7, 11) is 0. The van der Waals surface area contributed by atoms with Crippen LogP contribution in [0.1, 0.15) is 35.6 Å². The zero-order chi connectivity index (χ0) is 13.0. The molecule has 4 nitrogen and oxygen atoms in total. The highest BCUT2D eigenvalue weighted by Crippen LogP contribution is 2.12. The second-order valence-corrected chi connectivity index (χ2v) is 4.40. The molecular weight excluding hydrogens is 216 g/mol. The molecule has 1 amide bonds. The highest BCUT2D eigenvalue weighted by Gasteiger charge is 2.20. The third-order valence-corrected chi connectivity index (χ3v) is 2.68. The number of carbonyl (C=O) groups excluding carboxylic acids is 1. The number of nitrogens with zero attached hydrogens (tertiary/aromatic N) is 2. The molecule has 1 rings (SSSR count). The molecule has 0 radical (unpaired) electrons. The van der Waals surface area contributed by atoms with Gasteiger partial charge in [0.15, 0.2) is 0 Å². The molecule has 94 valence electrons. The summed E-state index contributed by atoms with van der Waals surface area (Å²) >= 11 is 0. The molecule has 0 spiro atoms. The van der Waals surface area contributed by atoms with Gasteiger partial charge >= 0.3 is 0 Å². The number of carbonyl (C=O) groups is 1. The Hall–Kier alpha value is -1.42. The first-order valence-corrected chi connectivity index (χ1v) is 5.83. The van der Waals surface area contributed by atoms with Crippen LogP contribution in [-0.4, -0.2) is 40.1 Å². The van der Waals surface area contributed by atoms with Crippen molar-refractivity contribution < 1.29 is 9.90 Å². The molecule has 1 aromatic rings. The van der Waals surface area contributed by atoms with Crippen LogP contribution in [-0.2, 0) is 0 Å². The molecule has 0 bridgehead atoms. The maximum atomic E-state index is 12.3. The van der Waals surface area contributed by atoms with Gasteiger partial charge in [0.25, 0.3) is 5.91 Å². The summed E-state index contributed by atoms with van der Waals surface area (Å²) in [6.07, 6.45) is 0. The highest BCUT2D eigenvalue weighted by molar-refractivity contribution is 5.95. The zero-order valence-corrected chi connectivity index (χ0v) is 10.9. The lowest BCUT2D eigenvalue weighted by Crippen LogP contribution is -2.39. The smallest absolute Gasteiger partial charge is 0.256 e. The summed E-state index contributed by atoms with van der Waals surface area (Å²) in [4.78, 5) is 18.2. The van der Waals surface area contributed by atoms with Crippen LogP contribution in [0.5, 0.6) is 0 Å². The Bertz CT molecular complexity index is 402. The topological polar surface area (TPSA) is 53.4 Å². The van der Waals surface area contributed by atoms with Crippen molar-refractivity contribution >= 4 is 5.91 Å². The quantitative estimate of drug-likeness (QED) is 0.862. The van der Waals surface area contributed by atoms with E-state index in [1.807, 2.05) is 33.8 Å². The Morgan fingerprint density at radius 1 is 1.41 bits per heavy atom. The van der Waals surface area contributed by atoms with Crippen LogP contribution in [0.25, 0.3) is 0 Å². The standard InChI is InChI=1S/C13H20N2O2/c1-9(2)15(7-8-16)13(17)12-6-5-10(3)14-11(12)4/h5-6,9,16H,7-8H2,1-4H3. The first kappa shape index (κ1) is 13.6. The normalized spacial score (nSPS) is 10.7. The van der Waals surface area contributed by atoms with E-state index in [2.05, 4.69) is 4.98 Å². The zero-order valence-electron chi connectivity index (χ0n) is 10.9. The Balaban J connectivity index is 3.01. The molecule has 1 heterocycles. The average Bonchev–Trinajstić information content (AvgIpc) is 2.24. The minimum Gasteiger partial charge on any atom is -0.395 e. The average molecular weight is 236 g/mol. The van der Waals surface area contributed by atoms with Crippen LogP contribution >= 0.6 is 0 Å². The predicted octanol–water partition coefficient (Wildman–Crippen LogP) is 1.54. The van der Waals surface area contributed by atoms with E-state index in [9.17, 15) is 4.79 Å². The summed E-state index contributed by atoms with van der Waals surface area (Å²) in [6.45, 7) is 7.92. The summed E-state index contributed by atoms with van der Waals surface area (Å²) < 4.78 is 0. The van der Waals surface area contributed by atoms with Gasteiger partial charge in [-0.05, 0) is 39.8 Å². The Labute approximate surface area is 102 Å². The van der Waals surface area contributed by atoms with E-state index >= 15 is 0 Å². The number of aliphatic hydroxyl groups excluding tert-OH is 1. The predicted molar refractivity (Wildman–Crippen MR) is 67.0 cm³/mol. The first-order chi connectivity index (χ1) is 7.97. The molecule has 1 N–H and O–H groups in total. The van der Waals surface area contributed by atoms with Crippen LogP contribution in [0.2, 0.25) is 0 Å². The van der Waals surface area contributed by atoms with E-state index in [0.717, 1.165) is 11.4 Å². The van der Waals surface area contributed by atoms with E-state index in [4.69, 9.17) is 5.11 Å². The molecule has 0 aliphatic heterocycles. The van der Waals surface area contributed by atoms with Gasteiger partial charge in [0.2, 0.25) is 0 Å². The van der Waals surface area contributed by atoms with Gasteiger partial charge in [-0.1, -0.05) is 0 Å². The van der Waals surface area contributed by atoms with Crippen LogP contribution in [0.4, 0.5) is 0 Å². The van der Waals surface area contributed by atoms with Crippen LogP contribution in [0.3, 0.4) is 0 Å². The van der Waals surface area contributed by atoms with Crippen molar-refractivity contribution in [2.24, 2.45) is 0 Å². The number of hydrogen-bond donors (Lipinski definition) is 1. The van der Waals surface area contributed by atoms with Gasteiger partial charge in [-0.25, -0.2) is 0 Å². The molecule has 0 atom stereocenters. The second kappa shape index (κ2) is 5.77. The Morgan fingerprint density at radius 2 is 2.06 bits per heavy atom. The number of amides is 1. The summed E-state index contributed by atoms with van der Waals surface area (Å²) in [5.41, 5.74) is 2.24. The lowest BCUT2D eigenvalue weighted by atomic mass is 10.1. The molecule has 0 saturated carbocycles. The van der Waals surface area contributed by atoms with Crippen molar-refractivity contribution in [2.75, 3.05) is 13.2 Å². The SMILES string of the molecule is Cc1ccc(C(=O)N(CCO)C(C)C)c(C)n1. The van der Waals surface area contributed by atoms with Gasteiger partial charge in [0.05, 0.1) is 17.9 Å². The van der Waals surface area contributed by atoms with Gasteiger partial charge in [-0.2, -0.15) is 0 Å².